The molecule has 1 aromatic rings. The maximum atomic E-state index is 12.3. The van der Waals surface area contributed by atoms with Gasteiger partial charge in [-0.25, -0.2) is 8.42 Å². The van der Waals surface area contributed by atoms with Crippen molar-refractivity contribution in [3.8, 4) is 0 Å². The minimum absolute atomic E-state index is 0.0763. The number of aliphatic hydroxyl groups is 1. The molecule has 0 aliphatic heterocycles. The number of ether oxygens (including phenoxy) is 1. The number of nitrogens with one attached hydrogen (secondary N) is 2. The molecule has 1 aromatic carbocycles. The Morgan fingerprint density at radius 2 is 1.76 bits per heavy atom. The van der Waals surface area contributed by atoms with Crippen molar-refractivity contribution < 1.29 is 27.9 Å². The average Bonchev–Trinajstić information content (AvgIpc) is 2.52. The number of rotatable bonds is 8. The molecule has 0 radical (unpaired) electrons. The molecular formula is C15H21BrN2O6S. The van der Waals surface area contributed by atoms with Crippen molar-refractivity contribution in [3.05, 3.63) is 28.7 Å². The number of hydrogen-bond acceptors (Lipinski definition) is 6. The molecule has 0 aliphatic carbocycles. The fourth-order valence-electron chi connectivity index (χ4n) is 1.74. The Morgan fingerprint density at radius 1 is 1.20 bits per heavy atom. The van der Waals surface area contributed by atoms with Gasteiger partial charge in [0.1, 0.15) is 6.04 Å². The first-order valence-electron chi connectivity index (χ1n) is 7.46. The third-order valence-corrected chi connectivity index (χ3v) is 5.00. The minimum Gasteiger partial charge on any atom is -0.451 e. The molecule has 0 fully saturated rings. The van der Waals surface area contributed by atoms with Crippen LogP contribution in [-0.4, -0.2) is 50.2 Å². The highest BCUT2D eigenvalue weighted by Crippen LogP contribution is 2.15. The monoisotopic (exact) mass is 436 g/mol. The Bertz CT molecular complexity index is 705. The largest absolute Gasteiger partial charge is 0.451 e. The summed E-state index contributed by atoms with van der Waals surface area (Å²) in [5.41, 5.74) is 0. The quantitative estimate of drug-likeness (QED) is 0.511. The Balaban J connectivity index is 2.79. The summed E-state index contributed by atoms with van der Waals surface area (Å²) in [6, 6.07) is 4.06. The van der Waals surface area contributed by atoms with Gasteiger partial charge >= 0.3 is 5.97 Å². The third-order valence-electron chi connectivity index (χ3n) is 2.98. The lowest BCUT2D eigenvalue weighted by Crippen LogP contribution is -2.47. The summed E-state index contributed by atoms with van der Waals surface area (Å²) in [5, 5.41) is 11.9. The van der Waals surface area contributed by atoms with Crippen LogP contribution in [0.3, 0.4) is 0 Å². The van der Waals surface area contributed by atoms with Crippen LogP contribution in [0, 0.1) is 0 Å². The van der Waals surface area contributed by atoms with Crippen LogP contribution in [0.5, 0.6) is 0 Å². The van der Waals surface area contributed by atoms with E-state index in [9.17, 15) is 23.1 Å². The van der Waals surface area contributed by atoms with Gasteiger partial charge in [-0.3, -0.25) is 9.59 Å². The highest BCUT2D eigenvalue weighted by Gasteiger charge is 2.29. The van der Waals surface area contributed by atoms with E-state index in [1.54, 1.807) is 13.8 Å². The number of hydrogen-bond donors (Lipinski definition) is 3. The molecule has 2 unspecified atom stereocenters. The van der Waals surface area contributed by atoms with Crippen molar-refractivity contribution in [2.45, 2.75) is 43.9 Å². The zero-order valence-corrected chi connectivity index (χ0v) is 16.4. The van der Waals surface area contributed by atoms with E-state index >= 15 is 0 Å². The van der Waals surface area contributed by atoms with Gasteiger partial charge in [0.15, 0.2) is 6.10 Å². The van der Waals surface area contributed by atoms with Crippen LogP contribution >= 0.6 is 15.9 Å². The second-order valence-corrected chi connectivity index (χ2v) is 8.18. The summed E-state index contributed by atoms with van der Waals surface area (Å²) in [5.74, 6) is -1.56. The Kier molecular flexibility index (Phi) is 8.00. The topological polar surface area (TPSA) is 122 Å². The molecule has 3 N–H and O–H groups in total. The zero-order valence-electron chi connectivity index (χ0n) is 14.0. The highest BCUT2D eigenvalue weighted by atomic mass is 79.9. The van der Waals surface area contributed by atoms with Gasteiger partial charge in [0.2, 0.25) is 10.0 Å². The maximum absolute atomic E-state index is 12.3. The zero-order chi connectivity index (χ0) is 19.2. The lowest BCUT2D eigenvalue weighted by atomic mass is 10.3. The third kappa shape index (κ3) is 6.73. The van der Waals surface area contributed by atoms with Crippen molar-refractivity contribution in [3.63, 3.8) is 0 Å². The van der Waals surface area contributed by atoms with E-state index in [1.165, 1.54) is 31.2 Å². The van der Waals surface area contributed by atoms with Crippen molar-refractivity contribution in [2.24, 2.45) is 0 Å². The second kappa shape index (κ2) is 9.27. The summed E-state index contributed by atoms with van der Waals surface area (Å²) >= 11 is 3.19. The molecule has 10 heteroatoms. The second-order valence-electron chi connectivity index (χ2n) is 5.55. The molecule has 0 saturated carbocycles. The van der Waals surface area contributed by atoms with Crippen LogP contribution in [-0.2, 0) is 24.3 Å². The van der Waals surface area contributed by atoms with Gasteiger partial charge in [-0.2, -0.15) is 4.72 Å². The van der Waals surface area contributed by atoms with E-state index in [0.717, 1.165) is 0 Å². The van der Waals surface area contributed by atoms with Crippen LogP contribution in [0.25, 0.3) is 0 Å². The number of sulfonamides is 1. The number of halogens is 1. The average molecular weight is 437 g/mol. The smallest absolute Gasteiger partial charge is 0.327 e. The van der Waals surface area contributed by atoms with Gasteiger partial charge in [-0.05, 0) is 45.0 Å². The van der Waals surface area contributed by atoms with Gasteiger partial charge in [-0.15, -0.1) is 0 Å². The minimum atomic E-state index is -4.04. The SMILES string of the molecule is CC(C)NC(=O)C(C)OC(=O)C(CO)NS(=O)(=O)c1ccc(Br)cc1. The van der Waals surface area contributed by atoms with E-state index in [0.29, 0.717) is 4.47 Å². The Morgan fingerprint density at radius 3 is 2.24 bits per heavy atom. The highest BCUT2D eigenvalue weighted by molar-refractivity contribution is 9.10. The van der Waals surface area contributed by atoms with E-state index in [1.807, 2.05) is 0 Å². The van der Waals surface area contributed by atoms with Crippen molar-refractivity contribution >= 4 is 37.8 Å². The molecule has 0 aromatic heterocycles. The fraction of sp³-hybridized carbons (Fsp3) is 0.467. The van der Waals surface area contributed by atoms with Gasteiger partial charge in [0.25, 0.3) is 5.91 Å². The summed E-state index contributed by atoms with van der Waals surface area (Å²) in [6.07, 6.45) is -1.12. The molecular weight excluding hydrogens is 416 g/mol. The van der Waals surface area contributed by atoms with Crippen LogP contribution in [0.15, 0.2) is 33.6 Å². The van der Waals surface area contributed by atoms with E-state index in [4.69, 9.17) is 4.74 Å². The first-order valence-corrected chi connectivity index (χ1v) is 9.74. The molecule has 0 bridgehead atoms. The Hall–Kier alpha value is -1.49. The molecule has 0 saturated heterocycles. The Labute approximate surface area is 155 Å². The van der Waals surface area contributed by atoms with Crippen molar-refractivity contribution in [1.29, 1.82) is 0 Å². The number of benzene rings is 1. The predicted molar refractivity (Wildman–Crippen MR) is 94.2 cm³/mol. The maximum Gasteiger partial charge on any atom is 0.327 e. The molecule has 2 atom stereocenters. The number of amides is 1. The van der Waals surface area contributed by atoms with Crippen LogP contribution in [0.1, 0.15) is 20.8 Å². The van der Waals surface area contributed by atoms with Gasteiger partial charge in [0.05, 0.1) is 11.5 Å². The first kappa shape index (κ1) is 21.6. The molecule has 1 amide bonds. The summed E-state index contributed by atoms with van der Waals surface area (Å²) in [6.45, 7) is 4.03. The lowest BCUT2D eigenvalue weighted by Gasteiger charge is -2.19. The van der Waals surface area contributed by atoms with Crippen LogP contribution in [0.4, 0.5) is 0 Å². The summed E-state index contributed by atoms with van der Waals surface area (Å²) in [4.78, 5) is 23.7. The fourth-order valence-corrected chi connectivity index (χ4v) is 3.18. The normalized spacial score (nSPS) is 14.0. The van der Waals surface area contributed by atoms with Crippen LogP contribution in [0.2, 0.25) is 0 Å². The summed E-state index contributed by atoms with van der Waals surface area (Å²) in [7, 11) is -4.04. The standard InChI is InChI=1S/C15H21BrN2O6S/c1-9(2)17-14(20)10(3)24-15(21)13(8-19)18-25(22,23)12-6-4-11(16)5-7-12/h4-7,9-10,13,18-19H,8H2,1-3H3,(H,17,20). The van der Waals surface area contributed by atoms with Gasteiger partial charge in [0, 0.05) is 10.5 Å². The number of esters is 1. The van der Waals surface area contributed by atoms with Crippen molar-refractivity contribution in [2.75, 3.05) is 6.61 Å². The number of carbonyl (C=O) groups is 2. The van der Waals surface area contributed by atoms with E-state index in [2.05, 4.69) is 26.0 Å². The van der Waals surface area contributed by atoms with Gasteiger partial charge < -0.3 is 15.2 Å². The first-order chi connectivity index (χ1) is 11.6. The summed E-state index contributed by atoms with van der Waals surface area (Å²) < 4.78 is 32.2. The van der Waals surface area contributed by atoms with E-state index in [-0.39, 0.29) is 10.9 Å². The number of aliphatic hydroxyl groups excluding tert-OH is 1. The molecule has 8 nitrogen and oxygen atoms in total. The van der Waals surface area contributed by atoms with Crippen molar-refractivity contribution in [1.82, 2.24) is 10.0 Å². The van der Waals surface area contributed by atoms with Crippen LogP contribution < -0.4 is 10.0 Å². The molecule has 0 spiro atoms. The molecule has 140 valence electrons. The van der Waals surface area contributed by atoms with E-state index < -0.39 is 40.7 Å². The number of carbonyl (C=O) groups excluding carboxylic acids is 2. The molecule has 0 aliphatic rings. The lowest BCUT2D eigenvalue weighted by molar-refractivity contribution is -0.157. The van der Waals surface area contributed by atoms with Gasteiger partial charge in [-0.1, -0.05) is 15.9 Å². The molecule has 0 heterocycles. The molecule has 1 rings (SSSR count). The predicted octanol–water partition coefficient (Wildman–Crippen LogP) is 0.545. The molecule has 25 heavy (non-hydrogen) atoms.